The molecule has 0 unspecified atom stereocenters. The maximum atomic E-state index is 12.9. The molecule has 4 nitrogen and oxygen atoms in total. The molecule has 1 aliphatic heterocycles. The summed E-state index contributed by atoms with van der Waals surface area (Å²) in [5.41, 5.74) is 7.08. The van der Waals surface area contributed by atoms with Crippen LogP contribution in [0.5, 0.6) is 0 Å². The molecule has 4 heteroatoms. The highest BCUT2D eigenvalue weighted by Crippen LogP contribution is 2.32. The molecule has 0 saturated carbocycles. The molecule has 3 rings (SSSR count). The van der Waals surface area contributed by atoms with Gasteiger partial charge in [-0.25, -0.2) is 4.79 Å². The van der Waals surface area contributed by atoms with Crippen LogP contribution in [0.4, 0.5) is 16.2 Å². The van der Waals surface area contributed by atoms with Crippen LogP contribution >= 0.6 is 0 Å². The van der Waals surface area contributed by atoms with Crippen molar-refractivity contribution >= 4 is 17.4 Å². The van der Waals surface area contributed by atoms with Gasteiger partial charge in [-0.05, 0) is 48.9 Å². The fraction of sp³-hybridized carbons (Fsp3) is 0.458. The molecule has 28 heavy (non-hydrogen) atoms. The van der Waals surface area contributed by atoms with E-state index in [4.69, 9.17) is 0 Å². The molecule has 1 N–H and O–H groups in total. The van der Waals surface area contributed by atoms with Crippen LogP contribution in [-0.2, 0) is 5.41 Å². The summed E-state index contributed by atoms with van der Waals surface area (Å²) < 4.78 is 0. The first-order chi connectivity index (χ1) is 13.2. The molecule has 2 aromatic rings. The van der Waals surface area contributed by atoms with Gasteiger partial charge >= 0.3 is 6.03 Å². The molecule has 0 spiro atoms. The van der Waals surface area contributed by atoms with Crippen molar-refractivity contribution in [3.63, 3.8) is 0 Å². The number of rotatable bonds is 2. The number of carbonyl (C=O) groups excluding carboxylic acids is 1. The lowest BCUT2D eigenvalue weighted by Crippen LogP contribution is -2.50. The van der Waals surface area contributed by atoms with Gasteiger partial charge in [-0.1, -0.05) is 56.7 Å². The Morgan fingerprint density at radius 3 is 2.21 bits per heavy atom. The summed E-state index contributed by atoms with van der Waals surface area (Å²) in [6.07, 6.45) is 0. The summed E-state index contributed by atoms with van der Waals surface area (Å²) in [6.45, 7) is 16.1. The molecule has 150 valence electrons. The standard InChI is InChI=1S/C24H33N3O/c1-17-10-11-21(19(3)16-17)26-12-14-27(15-13-26)23(28)25-22-18(2)8-7-9-20(22)24(4,5)6/h7-11,16H,12-15H2,1-6H3,(H,25,28). The van der Waals surface area contributed by atoms with Crippen LogP contribution in [0.1, 0.15) is 43.0 Å². The zero-order valence-electron chi connectivity index (χ0n) is 18.1. The van der Waals surface area contributed by atoms with Gasteiger partial charge in [-0.15, -0.1) is 0 Å². The Morgan fingerprint density at radius 2 is 1.61 bits per heavy atom. The monoisotopic (exact) mass is 379 g/mol. The largest absolute Gasteiger partial charge is 0.368 e. The summed E-state index contributed by atoms with van der Waals surface area (Å²) >= 11 is 0. The van der Waals surface area contributed by atoms with Gasteiger partial charge < -0.3 is 15.1 Å². The van der Waals surface area contributed by atoms with Gasteiger partial charge in [-0.2, -0.15) is 0 Å². The van der Waals surface area contributed by atoms with Crippen LogP contribution in [0, 0.1) is 20.8 Å². The summed E-state index contributed by atoms with van der Waals surface area (Å²) in [5, 5.41) is 3.20. The van der Waals surface area contributed by atoms with Gasteiger partial charge in [-0.3, -0.25) is 0 Å². The smallest absolute Gasteiger partial charge is 0.321 e. The number of hydrogen-bond acceptors (Lipinski definition) is 2. The molecule has 1 aliphatic rings. The Morgan fingerprint density at radius 1 is 0.929 bits per heavy atom. The maximum Gasteiger partial charge on any atom is 0.321 e. The van der Waals surface area contributed by atoms with Crippen molar-refractivity contribution in [3.8, 4) is 0 Å². The summed E-state index contributed by atoms with van der Waals surface area (Å²) in [6, 6.07) is 12.8. The number of carbonyl (C=O) groups is 1. The van der Waals surface area contributed by atoms with Crippen LogP contribution in [-0.4, -0.2) is 37.1 Å². The van der Waals surface area contributed by atoms with Crippen LogP contribution in [0.2, 0.25) is 0 Å². The predicted molar refractivity (Wildman–Crippen MR) is 119 cm³/mol. The highest BCUT2D eigenvalue weighted by atomic mass is 16.2. The Labute approximate surface area is 169 Å². The van der Waals surface area contributed by atoms with Gasteiger partial charge in [0, 0.05) is 37.6 Å². The number of urea groups is 1. The van der Waals surface area contributed by atoms with E-state index in [0.717, 1.165) is 37.4 Å². The lowest BCUT2D eigenvalue weighted by molar-refractivity contribution is 0.208. The van der Waals surface area contributed by atoms with E-state index < -0.39 is 0 Å². The molecule has 1 saturated heterocycles. The average Bonchev–Trinajstić information content (AvgIpc) is 2.62. The number of amides is 2. The van der Waals surface area contributed by atoms with E-state index in [-0.39, 0.29) is 11.4 Å². The third kappa shape index (κ3) is 4.32. The van der Waals surface area contributed by atoms with Gasteiger partial charge in [0.15, 0.2) is 0 Å². The molecule has 0 aromatic heterocycles. The Bertz CT molecular complexity index is 859. The summed E-state index contributed by atoms with van der Waals surface area (Å²) in [5.74, 6) is 0. The minimum Gasteiger partial charge on any atom is -0.368 e. The lowest BCUT2D eigenvalue weighted by atomic mass is 9.84. The second-order valence-electron chi connectivity index (χ2n) is 8.94. The van der Waals surface area contributed by atoms with E-state index in [2.05, 4.69) is 88.2 Å². The van der Waals surface area contributed by atoms with E-state index in [9.17, 15) is 4.79 Å². The molecular formula is C24H33N3O. The fourth-order valence-corrected chi connectivity index (χ4v) is 3.96. The predicted octanol–water partition coefficient (Wildman–Crippen LogP) is 5.26. The van der Waals surface area contributed by atoms with Crippen molar-refractivity contribution in [2.75, 3.05) is 36.4 Å². The zero-order chi connectivity index (χ0) is 20.5. The molecule has 2 aromatic carbocycles. The van der Waals surface area contributed by atoms with Crippen LogP contribution in [0.25, 0.3) is 0 Å². The van der Waals surface area contributed by atoms with Crippen LogP contribution in [0.3, 0.4) is 0 Å². The topological polar surface area (TPSA) is 35.6 Å². The minimum atomic E-state index is -0.0176. The second-order valence-corrected chi connectivity index (χ2v) is 8.94. The van der Waals surface area contributed by atoms with Crippen LogP contribution in [0.15, 0.2) is 36.4 Å². The van der Waals surface area contributed by atoms with Gasteiger partial charge in [0.1, 0.15) is 0 Å². The quantitative estimate of drug-likeness (QED) is 0.772. The van der Waals surface area contributed by atoms with E-state index in [1.54, 1.807) is 0 Å². The van der Waals surface area contributed by atoms with Crippen molar-refractivity contribution in [1.29, 1.82) is 0 Å². The van der Waals surface area contributed by atoms with Crippen molar-refractivity contribution in [2.45, 2.75) is 47.0 Å². The fourth-order valence-electron chi connectivity index (χ4n) is 3.96. The first-order valence-electron chi connectivity index (χ1n) is 10.1. The number of hydrogen-bond donors (Lipinski definition) is 1. The second kappa shape index (κ2) is 7.86. The highest BCUT2D eigenvalue weighted by Gasteiger charge is 2.25. The van der Waals surface area contributed by atoms with E-state index in [0.29, 0.717) is 0 Å². The van der Waals surface area contributed by atoms with E-state index in [1.165, 1.54) is 22.4 Å². The average molecular weight is 380 g/mol. The maximum absolute atomic E-state index is 12.9. The minimum absolute atomic E-state index is 0.0000723. The Hall–Kier alpha value is -2.49. The molecule has 1 fully saturated rings. The van der Waals surface area contributed by atoms with Crippen molar-refractivity contribution in [1.82, 2.24) is 4.90 Å². The van der Waals surface area contributed by atoms with Gasteiger partial charge in [0.05, 0.1) is 0 Å². The molecule has 0 radical (unpaired) electrons. The summed E-state index contributed by atoms with van der Waals surface area (Å²) in [7, 11) is 0. The molecule has 1 heterocycles. The Kier molecular flexibility index (Phi) is 5.69. The molecule has 2 amide bonds. The number of para-hydroxylation sites is 1. The van der Waals surface area contributed by atoms with Gasteiger partial charge in [0.25, 0.3) is 0 Å². The molecule has 0 bridgehead atoms. The molecule has 0 atom stereocenters. The molecular weight excluding hydrogens is 346 g/mol. The van der Waals surface area contributed by atoms with Crippen molar-refractivity contribution in [3.05, 3.63) is 58.7 Å². The number of piperazine rings is 1. The van der Waals surface area contributed by atoms with Crippen molar-refractivity contribution < 1.29 is 4.79 Å². The van der Waals surface area contributed by atoms with E-state index in [1.807, 2.05) is 4.90 Å². The molecule has 0 aliphatic carbocycles. The number of nitrogens with one attached hydrogen (secondary N) is 1. The van der Waals surface area contributed by atoms with E-state index >= 15 is 0 Å². The number of aryl methyl sites for hydroxylation is 3. The number of nitrogens with zero attached hydrogens (tertiary/aromatic N) is 2. The first kappa shape index (κ1) is 20.2. The normalized spacial score (nSPS) is 14.9. The summed E-state index contributed by atoms with van der Waals surface area (Å²) in [4.78, 5) is 17.3. The highest BCUT2D eigenvalue weighted by molar-refractivity contribution is 5.91. The van der Waals surface area contributed by atoms with Crippen molar-refractivity contribution in [2.24, 2.45) is 0 Å². The Balaban J connectivity index is 1.68. The first-order valence-corrected chi connectivity index (χ1v) is 10.1. The lowest BCUT2D eigenvalue weighted by Gasteiger charge is -2.37. The van der Waals surface area contributed by atoms with Gasteiger partial charge in [0.2, 0.25) is 0 Å². The number of anilines is 2. The number of benzene rings is 2. The zero-order valence-corrected chi connectivity index (χ0v) is 18.1. The van der Waals surface area contributed by atoms with Crippen LogP contribution < -0.4 is 10.2 Å². The third-order valence-electron chi connectivity index (χ3n) is 5.57. The third-order valence-corrected chi connectivity index (χ3v) is 5.57. The SMILES string of the molecule is Cc1ccc(N2CCN(C(=O)Nc3c(C)cccc3C(C)(C)C)CC2)c(C)c1.